The third kappa shape index (κ3) is 19.1. The second-order valence-electron chi connectivity index (χ2n) is 19.0. The van der Waals surface area contributed by atoms with E-state index in [0.29, 0.717) is 37.9 Å². The Morgan fingerprint density at radius 2 is 1.32 bits per heavy atom. The molecule has 0 spiro atoms. The number of benzene rings is 1. The van der Waals surface area contributed by atoms with Gasteiger partial charge in [0, 0.05) is 32.5 Å². The van der Waals surface area contributed by atoms with Crippen LogP contribution in [-0.2, 0) is 54.4 Å². The first-order chi connectivity index (χ1) is 34.5. The number of carbonyl (C=O) groups excluding carboxylic acids is 10. The molecular weight excluding hydrogens is 951 g/mol. The first-order valence-corrected chi connectivity index (χ1v) is 24.9. The van der Waals surface area contributed by atoms with E-state index >= 15 is 0 Å². The summed E-state index contributed by atoms with van der Waals surface area (Å²) in [5.74, 6) is -7.42. The van der Waals surface area contributed by atoms with Crippen molar-refractivity contribution in [1.29, 1.82) is 0 Å². The molecule has 0 aliphatic carbocycles. The predicted octanol–water partition coefficient (Wildman–Crippen LogP) is -3.09. The minimum atomic E-state index is -1.65. The number of aliphatic hydroxyl groups is 1. The summed E-state index contributed by atoms with van der Waals surface area (Å²) in [6, 6.07) is -4.98. The zero-order chi connectivity index (χ0) is 54.5. The first-order valence-electron chi connectivity index (χ1n) is 24.9. The molecule has 0 bridgehead atoms. The Morgan fingerprint density at radius 1 is 0.740 bits per heavy atom. The van der Waals surface area contributed by atoms with Crippen LogP contribution in [0.5, 0.6) is 5.75 Å². The van der Waals surface area contributed by atoms with Crippen LogP contribution in [0.2, 0.25) is 0 Å². The smallest absolute Gasteiger partial charge is 0.245 e. The molecule has 0 radical (unpaired) electrons. The summed E-state index contributed by atoms with van der Waals surface area (Å²) >= 11 is 0. The Bertz CT molecular complexity index is 2140. The highest BCUT2D eigenvalue weighted by Gasteiger charge is 2.39. The quantitative estimate of drug-likeness (QED) is 0.0225. The van der Waals surface area contributed by atoms with E-state index in [1.807, 2.05) is 13.8 Å². The molecule has 25 nitrogen and oxygen atoms in total. The molecule has 25 heteroatoms. The van der Waals surface area contributed by atoms with Crippen molar-refractivity contribution in [3.63, 3.8) is 0 Å². The molecule has 0 aromatic heterocycles. The molecule has 2 saturated heterocycles. The van der Waals surface area contributed by atoms with E-state index in [-0.39, 0.29) is 80.4 Å². The third-order valence-corrected chi connectivity index (χ3v) is 12.5. The number of rotatable bonds is 28. The summed E-state index contributed by atoms with van der Waals surface area (Å²) in [4.78, 5) is 139. The van der Waals surface area contributed by atoms with Gasteiger partial charge in [-0.15, -0.1) is 0 Å². The van der Waals surface area contributed by atoms with Gasteiger partial charge in [-0.05, 0) is 88.8 Å². The van der Waals surface area contributed by atoms with Crippen molar-refractivity contribution < 1.29 is 58.2 Å². The van der Waals surface area contributed by atoms with Crippen molar-refractivity contribution in [2.45, 2.75) is 161 Å². The summed E-state index contributed by atoms with van der Waals surface area (Å²) in [5, 5.41) is 43.5. The number of phenolic OH excluding ortho intramolecular Hbond substituents is 1. The van der Waals surface area contributed by atoms with Gasteiger partial charge in [-0.25, -0.2) is 0 Å². The van der Waals surface area contributed by atoms with Crippen LogP contribution in [-0.4, -0.2) is 161 Å². The molecule has 2 heterocycles. The first kappa shape index (κ1) is 60.3. The summed E-state index contributed by atoms with van der Waals surface area (Å²) in [7, 11) is 0. The number of nitrogens with two attached hydrogens (primary N) is 2. The van der Waals surface area contributed by atoms with Crippen LogP contribution >= 0.6 is 0 Å². The Labute approximate surface area is 425 Å². The van der Waals surface area contributed by atoms with Crippen molar-refractivity contribution in [2.75, 3.05) is 26.2 Å². The fourth-order valence-electron chi connectivity index (χ4n) is 8.18. The third-order valence-electron chi connectivity index (χ3n) is 12.5. The molecular formula is C48H77N13O12. The van der Waals surface area contributed by atoms with E-state index in [0.717, 1.165) is 0 Å². The molecule has 1 aromatic rings. The fourth-order valence-corrected chi connectivity index (χ4v) is 8.18. The number of phenols is 1. The van der Waals surface area contributed by atoms with Crippen LogP contribution in [0.25, 0.3) is 0 Å². The highest BCUT2D eigenvalue weighted by Crippen LogP contribution is 2.21. The van der Waals surface area contributed by atoms with Gasteiger partial charge in [0.05, 0.1) is 6.61 Å². The molecule has 0 saturated carbocycles. The van der Waals surface area contributed by atoms with Gasteiger partial charge in [0.2, 0.25) is 59.1 Å². The average molecular weight is 1030 g/mol. The normalized spacial score (nSPS) is 18.5. The average Bonchev–Trinajstić information content (AvgIpc) is 4.02. The number of aliphatic imine (C=N–C) groups is 1. The van der Waals surface area contributed by atoms with Crippen LogP contribution in [0.1, 0.15) is 105 Å². The van der Waals surface area contributed by atoms with Crippen LogP contribution in [0.4, 0.5) is 0 Å². The minimum Gasteiger partial charge on any atom is -0.508 e. The maximum Gasteiger partial charge on any atom is 0.245 e. The fraction of sp³-hybridized carbons (Fsp3) is 0.646. The number of guanidine groups is 1. The zero-order valence-corrected chi connectivity index (χ0v) is 42.9. The van der Waals surface area contributed by atoms with Gasteiger partial charge in [-0.1, -0.05) is 46.2 Å². The number of nitrogens with zero attached hydrogens (tertiary/aromatic N) is 2. The summed E-state index contributed by atoms with van der Waals surface area (Å²) in [6.45, 7) is 11.5. The van der Waals surface area contributed by atoms with E-state index in [2.05, 4.69) is 52.8 Å². The molecule has 406 valence electrons. The SMILES string of the molecule is CCNC(=O)[C@@H]1CCCN1C(=O)[C@H](CCCN=C(N)N)NC(=O)[C@H](CC(C)C)NC(=O)[C@@H](C)NC(=O)[C@H](Cc1ccc(O)cc1)NC(=O)[C@H](CO)NC(=O)[C@H](C)NC(=O)[C@@H](NC(=O)[C@@H]1CCC(=O)N1)[C@@H](C)CC. The number of likely N-dealkylation sites (tertiary alicyclic amines) is 1. The molecule has 73 heavy (non-hydrogen) atoms. The van der Waals surface area contributed by atoms with E-state index < -0.39 is 108 Å². The Hall–Kier alpha value is -7.05. The highest BCUT2D eigenvalue weighted by atomic mass is 16.3. The van der Waals surface area contributed by atoms with Crippen molar-refractivity contribution in [1.82, 2.24) is 52.8 Å². The van der Waals surface area contributed by atoms with Gasteiger partial charge >= 0.3 is 0 Å². The number of aromatic hydroxyl groups is 1. The monoisotopic (exact) mass is 1030 g/mol. The van der Waals surface area contributed by atoms with E-state index in [9.17, 15) is 58.2 Å². The minimum absolute atomic E-state index is 0.0789. The Kier molecular flexibility index (Phi) is 24.3. The Balaban J connectivity index is 1.76. The maximum atomic E-state index is 14.0. The standard InChI is InChI=1S/C48H77N13O12/c1-8-26(5)38(60-41(67)31-18-19-37(64)55-31)46(72)54-28(7)40(66)59-35(24-62)44(70)58-34(23-29-14-16-30(63)17-15-29)42(68)53-27(6)39(65)57-33(22-25(3)4)43(69)56-32(12-10-20-52-48(49)50)47(73)61-21-11-13-36(61)45(71)51-9-2/h14-17,25-28,31-36,38,62-63H,8-13,18-24H2,1-7H3,(H,51,71)(H,53,68)(H,54,72)(H,55,64)(H,56,69)(H,57,65)(H,58,70)(H,59,66)(H,60,67)(H4,49,50,52)/t26-,27+,28-,31-,32-,33-,34-,35-,36-,38-/m0/s1. The van der Waals surface area contributed by atoms with Crippen LogP contribution < -0.4 is 59.3 Å². The van der Waals surface area contributed by atoms with Crippen molar-refractivity contribution in [3.8, 4) is 5.75 Å². The van der Waals surface area contributed by atoms with E-state index in [1.165, 1.54) is 43.0 Å². The number of hydrogen-bond acceptors (Lipinski definition) is 13. The maximum absolute atomic E-state index is 14.0. The molecule has 2 aliphatic heterocycles. The molecule has 15 N–H and O–H groups in total. The lowest BCUT2D eigenvalue weighted by molar-refractivity contribution is -0.142. The zero-order valence-electron chi connectivity index (χ0n) is 42.9. The summed E-state index contributed by atoms with van der Waals surface area (Å²) in [5.41, 5.74) is 11.4. The van der Waals surface area contributed by atoms with Gasteiger partial charge in [-0.3, -0.25) is 52.9 Å². The predicted molar refractivity (Wildman–Crippen MR) is 267 cm³/mol. The number of aliphatic hydroxyl groups excluding tert-OH is 1. The second-order valence-corrected chi connectivity index (χ2v) is 19.0. The van der Waals surface area contributed by atoms with Crippen molar-refractivity contribution in [2.24, 2.45) is 28.3 Å². The molecule has 10 amide bonds. The number of likely N-dealkylation sites (N-methyl/N-ethyl adjacent to an activating group) is 1. The largest absolute Gasteiger partial charge is 0.508 e. The van der Waals surface area contributed by atoms with Gasteiger partial charge in [-0.2, -0.15) is 0 Å². The number of nitrogens with one attached hydrogen (secondary N) is 9. The van der Waals surface area contributed by atoms with E-state index in [1.54, 1.807) is 20.8 Å². The molecule has 10 atom stereocenters. The van der Waals surface area contributed by atoms with Crippen LogP contribution in [0.3, 0.4) is 0 Å². The summed E-state index contributed by atoms with van der Waals surface area (Å²) in [6.07, 6.45) is 2.21. The number of amides is 10. The number of hydrogen-bond donors (Lipinski definition) is 13. The van der Waals surface area contributed by atoms with Crippen LogP contribution in [0, 0.1) is 11.8 Å². The molecule has 1 aromatic carbocycles. The molecule has 3 rings (SSSR count). The van der Waals surface area contributed by atoms with Gasteiger partial charge < -0.3 is 74.4 Å². The lowest BCUT2D eigenvalue weighted by Crippen LogP contribution is -2.61. The lowest BCUT2D eigenvalue weighted by Gasteiger charge is -2.30. The van der Waals surface area contributed by atoms with Gasteiger partial charge in [0.15, 0.2) is 5.96 Å². The molecule has 0 unspecified atom stereocenters. The second kappa shape index (κ2) is 29.5. The lowest BCUT2D eigenvalue weighted by atomic mass is 9.97. The highest BCUT2D eigenvalue weighted by molar-refractivity contribution is 5.99. The van der Waals surface area contributed by atoms with Gasteiger partial charge in [0.1, 0.15) is 60.1 Å². The Morgan fingerprint density at radius 3 is 1.88 bits per heavy atom. The topological polar surface area (TPSA) is 387 Å². The number of carbonyl (C=O) groups is 10. The van der Waals surface area contributed by atoms with E-state index in [4.69, 9.17) is 11.5 Å². The van der Waals surface area contributed by atoms with Crippen molar-refractivity contribution >= 4 is 65.0 Å². The summed E-state index contributed by atoms with van der Waals surface area (Å²) < 4.78 is 0. The van der Waals surface area contributed by atoms with Gasteiger partial charge in [0.25, 0.3) is 0 Å². The molecule has 2 fully saturated rings. The van der Waals surface area contributed by atoms with Crippen molar-refractivity contribution in [3.05, 3.63) is 29.8 Å². The molecule has 2 aliphatic rings. The van der Waals surface area contributed by atoms with Crippen LogP contribution in [0.15, 0.2) is 29.3 Å².